The fourth-order valence-electron chi connectivity index (χ4n) is 6.94. The van der Waals surface area contributed by atoms with Crippen molar-refractivity contribution in [3.8, 4) is 0 Å². The minimum atomic E-state index is -3.14. The lowest BCUT2D eigenvalue weighted by Crippen LogP contribution is -2.50. The Labute approximate surface area is 210 Å². The molecular formula is C25H41NO7S2. The zero-order valence-electron chi connectivity index (χ0n) is 21.0. The smallest absolute Gasteiger partial charge is 0.313 e. The van der Waals surface area contributed by atoms with Crippen molar-refractivity contribution < 1.29 is 31.2 Å². The molecule has 8 nitrogen and oxygen atoms in total. The average molecular weight is 532 g/mol. The topological polar surface area (TPSA) is 124 Å². The van der Waals surface area contributed by atoms with E-state index in [2.05, 4.69) is 4.99 Å². The molecule has 0 aromatic heterocycles. The molecule has 35 heavy (non-hydrogen) atoms. The highest BCUT2D eigenvalue weighted by Gasteiger charge is 2.53. The van der Waals surface area contributed by atoms with Crippen molar-refractivity contribution in [1.29, 1.82) is 0 Å². The van der Waals surface area contributed by atoms with Crippen LogP contribution < -0.4 is 0 Å². The third-order valence-electron chi connectivity index (χ3n) is 8.70. The summed E-state index contributed by atoms with van der Waals surface area (Å²) >= 11 is 0. The van der Waals surface area contributed by atoms with Crippen LogP contribution in [0, 0.1) is 5.41 Å². The summed E-state index contributed by atoms with van der Waals surface area (Å²) in [6.07, 6.45) is 15.0. The van der Waals surface area contributed by atoms with Crippen molar-refractivity contribution in [3.63, 3.8) is 0 Å². The number of rotatable bonds is 4. The minimum Gasteiger partial charge on any atom is -0.469 e. The van der Waals surface area contributed by atoms with Crippen LogP contribution in [-0.4, -0.2) is 63.5 Å². The number of aliphatic imine (C=N–C) groups is 1. The zero-order valence-corrected chi connectivity index (χ0v) is 22.6. The molecule has 4 fully saturated rings. The summed E-state index contributed by atoms with van der Waals surface area (Å²) in [5.74, 6) is 0.183. The third kappa shape index (κ3) is 6.19. The number of sulfone groups is 2. The third-order valence-corrected chi connectivity index (χ3v) is 13.5. The van der Waals surface area contributed by atoms with Crippen LogP contribution in [0.4, 0.5) is 0 Å². The molecule has 2 atom stereocenters. The van der Waals surface area contributed by atoms with Crippen LogP contribution in [0.2, 0.25) is 0 Å². The van der Waals surface area contributed by atoms with Gasteiger partial charge in [0.1, 0.15) is 0 Å². The first kappa shape index (κ1) is 28.3. The van der Waals surface area contributed by atoms with Crippen LogP contribution >= 0.6 is 0 Å². The van der Waals surface area contributed by atoms with Gasteiger partial charge in [-0.05, 0) is 51.4 Å². The number of carbonyl (C=O) groups excluding carboxylic acids is 2. The van der Waals surface area contributed by atoms with Gasteiger partial charge in [-0.15, -0.1) is 0 Å². The fourth-order valence-corrected chi connectivity index (χ4v) is 11.7. The lowest BCUT2D eigenvalue weighted by Gasteiger charge is -2.42. The van der Waals surface area contributed by atoms with Gasteiger partial charge in [0.05, 0.1) is 40.1 Å². The van der Waals surface area contributed by atoms with Crippen LogP contribution in [0.3, 0.4) is 0 Å². The molecule has 0 bridgehead atoms. The number of hydrogen-bond acceptors (Lipinski definition) is 8. The molecule has 2 saturated heterocycles. The normalized spacial score (nSPS) is 31.0. The van der Waals surface area contributed by atoms with Crippen LogP contribution in [0.5, 0.6) is 0 Å². The van der Waals surface area contributed by atoms with E-state index in [0.717, 1.165) is 77.0 Å². The van der Waals surface area contributed by atoms with Gasteiger partial charge >= 0.3 is 5.97 Å². The second kappa shape index (κ2) is 11.9. The van der Waals surface area contributed by atoms with Crippen LogP contribution in [0.15, 0.2) is 4.99 Å². The summed E-state index contributed by atoms with van der Waals surface area (Å²) in [5, 5.41) is -0.947. The summed E-state index contributed by atoms with van der Waals surface area (Å²) in [7, 11) is -4.84. The van der Waals surface area contributed by atoms with Gasteiger partial charge in [0.2, 0.25) is 6.08 Å². The first-order valence-corrected chi connectivity index (χ1v) is 16.7. The Balaban J connectivity index is 0.000000196. The van der Waals surface area contributed by atoms with Crippen molar-refractivity contribution in [2.75, 3.05) is 18.6 Å². The molecule has 2 aliphatic heterocycles. The highest BCUT2D eigenvalue weighted by molar-refractivity contribution is 7.92. The molecule has 4 aliphatic rings. The summed E-state index contributed by atoms with van der Waals surface area (Å²) in [4.78, 5) is 26.8. The minimum absolute atomic E-state index is 0.233. The highest BCUT2D eigenvalue weighted by Crippen LogP contribution is 2.46. The number of carbonyl (C=O) groups is 1. The number of nitrogens with zero attached hydrogens (tertiary/aromatic N) is 1. The number of esters is 1. The number of hydrogen-bond donors (Lipinski definition) is 0. The van der Waals surface area contributed by atoms with Crippen molar-refractivity contribution in [1.82, 2.24) is 0 Å². The molecule has 4 rings (SSSR count). The molecule has 2 unspecified atom stereocenters. The van der Waals surface area contributed by atoms with E-state index in [0.29, 0.717) is 25.7 Å². The Morgan fingerprint density at radius 3 is 1.69 bits per heavy atom. The first-order valence-electron chi connectivity index (χ1n) is 13.2. The molecule has 0 N–H and O–H groups in total. The molecule has 10 heteroatoms. The summed E-state index contributed by atoms with van der Waals surface area (Å²) < 4.78 is 53.9. The Kier molecular flexibility index (Phi) is 9.60. The van der Waals surface area contributed by atoms with Gasteiger partial charge in [-0.1, -0.05) is 51.4 Å². The Hall–Kier alpha value is -1.25. The molecule has 2 heterocycles. The Morgan fingerprint density at radius 1 is 0.743 bits per heavy atom. The van der Waals surface area contributed by atoms with Crippen LogP contribution in [-0.2, 0) is 34.0 Å². The molecule has 0 amide bonds. The molecule has 0 radical (unpaired) electrons. The van der Waals surface area contributed by atoms with Gasteiger partial charge in [-0.2, -0.15) is 4.99 Å². The van der Waals surface area contributed by atoms with E-state index in [9.17, 15) is 26.4 Å². The molecule has 0 spiro atoms. The van der Waals surface area contributed by atoms with E-state index in [-0.39, 0.29) is 17.5 Å². The van der Waals surface area contributed by atoms with Crippen LogP contribution in [0.25, 0.3) is 0 Å². The van der Waals surface area contributed by atoms with Gasteiger partial charge in [0.15, 0.2) is 19.7 Å². The van der Waals surface area contributed by atoms with Gasteiger partial charge in [-0.25, -0.2) is 21.6 Å². The second-order valence-corrected chi connectivity index (χ2v) is 15.4. The maximum absolute atomic E-state index is 12.3. The number of isocyanates is 1. The molecule has 0 aromatic carbocycles. The molecule has 200 valence electrons. The molecule has 2 aliphatic carbocycles. The predicted molar refractivity (Wildman–Crippen MR) is 134 cm³/mol. The van der Waals surface area contributed by atoms with E-state index in [1.54, 1.807) is 6.08 Å². The fraction of sp³-hybridized carbons (Fsp3) is 0.920. The van der Waals surface area contributed by atoms with Crippen molar-refractivity contribution in [2.45, 2.75) is 119 Å². The van der Waals surface area contributed by atoms with Crippen molar-refractivity contribution in [3.05, 3.63) is 0 Å². The van der Waals surface area contributed by atoms with Gasteiger partial charge < -0.3 is 4.74 Å². The summed E-state index contributed by atoms with van der Waals surface area (Å²) in [6.45, 7) is 0. The van der Waals surface area contributed by atoms with E-state index in [4.69, 9.17) is 4.74 Å². The molecule has 2 saturated carbocycles. The maximum atomic E-state index is 12.3. The van der Waals surface area contributed by atoms with Crippen LogP contribution in [0.1, 0.15) is 103 Å². The van der Waals surface area contributed by atoms with Gasteiger partial charge in [-0.3, -0.25) is 4.79 Å². The van der Waals surface area contributed by atoms with Crippen molar-refractivity contribution in [2.24, 2.45) is 10.4 Å². The Morgan fingerprint density at radius 2 is 1.23 bits per heavy atom. The standard InChI is InChI=1S/C13H22O4S.C12H19NO3S/c1-17-12(14)13(8-4-2-5-9-13)11-7-3-6-10-18(11,15)16;14-10-13-12(7-3-1-4-8-12)11-6-2-5-9-17(11,15)16/h11H,2-10H2,1H3;11H,1-9H2. The lowest BCUT2D eigenvalue weighted by molar-refractivity contribution is -0.155. The zero-order chi connectivity index (χ0) is 25.6. The van der Waals surface area contributed by atoms with Crippen molar-refractivity contribution >= 4 is 31.7 Å². The summed E-state index contributed by atoms with van der Waals surface area (Å²) in [6, 6.07) is 0. The highest BCUT2D eigenvalue weighted by atomic mass is 32.2. The van der Waals surface area contributed by atoms with Gasteiger partial charge in [0, 0.05) is 0 Å². The number of ether oxygens (including phenoxy) is 1. The predicted octanol–water partition coefficient (Wildman–Crippen LogP) is 4.07. The quantitative estimate of drug-likeness (QED) is 0.304. The van der Waals surface area contributed by atoms with E-state index < -0.39 is 41.1 Å². The van der Waals surface area contributed by atoms with E-state index in [1.807, 2.05) is 0 Å². The van der Waals surface area contributed by atoms with E-state index in [1.165, 1.54) is 7.11 Å². The van der Waals surface area contributed by atoms with Gasteiger partial charge in [0.25, 0.3) is 0 Å². The largest absolute Gasteiger partial charge is 0.469 e. The maximum Gasteiger partial charge on any atom is 0.313 e. The summed E-state index contributed by atoms with van der Waals surface area (Å²) in [5.41, 5.74) is -1.41. The van der Waals surface area contributed by atoms with E-state index >= 15 is 0 Å². The second-order valence-electron chi connectivity index (χ2n) is 10.8. The molecule has 0 aromatic rings. The lowest BCUT2D eigenvalue weighted by atomic mass is 9.70. The monoisotopic (exact) mass is 531 g/mol. The Bertz CT molecular complexity index is 987. The SMILES string of the molecule is COC(=O)C1(C2CCCCS2(=O)=O)CCCCC1.O=C=NC1(C2CCCCS2(=O)=O)CCCCC1. The average Bonchev–Trinajstić information content (AvgIpc) is 2.84. The first-order chi connectivity index (χ1) is 16.6. The molecular weight excluding hydrogens is 490 g/mol. The number of methoxy groups -OCH3 is 1.